The number of amidine groups is 1. The maximum absolute atomic E-state index is 13.0. The second-order valence-corrected chi connectivity index (χ2v) is 8.85. The van der Waals surface area contributed by atoms with E-state index in [1.807, 2.05) is 6.07 Å². The zero-order valence-corrected chi connectivity index (χ0v) is 17.8. The summed E-state index contributed by atoms with van der Waals surface area (Å²) in [6.45, 7) is 0. The van der Waals surface area contributed by atoms with E-state index in [2.05, 4.69) is 30.7 Å². The third-order valence-corrected chi connectivity index (χ3v) is 6.04. The normalized spacial score (nSPS) is 15.5. The fourth-order valence-electron chi connectivity index (χ4n) is 2.77. The van der Waals surface area contributed by atoms with E-state index >= 15 is 0 Å². The van der Waals surface area contributed by atoms with Crippen LogP contribution in [-0.2, 0) is 14.8 Å². The van der Waals surface area contributed by atoms with Crippen molar-refractivity contribution in [3.05, 3.63) is 100 Å². The van der Waals surface area contributed by atoms with Crippen molar-refractivity contribution < 1.29 is 13.2 Å². The summed E-state index contributed by atoms with van der Waals surface area (Å²) in [5.74, 6) is -0.413. The predicted molar refractivity (Wildman–Crippen MR) is 117 cm³/mol. The summed E-state index contributed by atoms with van der Waals surface area (Å²) in [4.78, 5) is 24.0. The number of hydrazine groups is 1. The smallest absolute Gasteiger partial charge is 0.265 e. The first-order chi connectivity index (χ1) is 14.4. The molecular formula is C21H15BrN4O3S. The number of nitrogens with zero attached hydrogens (tertiary/aromatic N) is 3. The number of carbonyl (C=O) groups excluding carboxylic acids is 1. The molecule has 3 aromatic rings. The van der Waals surface area contributed by atoms with E-state index in [0.29, 0.717) is 11.3 Å². The highest BCUT2D eigenvalue weighted by atomic mass is 79.9. The average Bonchev–Trinajstić information content (AvgIpc) is 3.05. The maximum Gasteiger partial charge on any atom is 0.293 e. The van der Waals surface area contributed by atoms with Gasteiger partial charge in [0.15, 0.2) is 5.84 Å². The van der Waals surface area contributed by atoms with Crippen LogP contribution in [0.1, 0.15) is 11.3 Å². The fourth-order valence-corrected chi connectivity index (χ4v) is 4.04. The van der Waals surface area contributed by atoms with E-state index in [9.17, 15) is 13.2 Å². The summed E-state index contributed by atoms with van der Waals surface area (Å²) in [5, 5.41) is 0.946. The molecule has 0 fully saturated rings. The minimum atomic E-state index is -4.02. The van der Waals surface area contributed by atoms with E-state index in [4.69, 9.17) is 0 Å². The molecule has 1 aliphatic rings. The molecule has 1 amide bonds. The van der Waals surface area contributed by atoms with Gasteiger partial charge in [-0.2, -0.15) is 0 Å². The average molecular weight is 483 g/mol. The number of pyridine rings is 1. The summed E-state index contributed by atoms with van der Waals surface area (Å²) in [6, 6.07) is 20.3. The lowest BCUT2D eigenvalue weighted by atomic mass is 10.2. The van der Waals surface area contributed by atoms with Gasteiger partial charge in [0.1, 0.15) is 5.70 Å². The Labute approximate surface area is 181 Å². The maximum atomic E-state index is 13.0. The number of hydrogen-bond acceptors (Lipinski definition) is 5. The second kappa shape index (κ2) is 8.31. The van der Waals surface area contributed by atoms with E-state index in [1.54, 1.807) is 60.8 Å². The number of aromatic nitrogens is 1. The second-order valence-electron chi connectivity index (χ2n) is 6.27. The van der Waals surface area contributed by atoms with Gasteiger partial charge in [-0.1, -0.05) is 52.3 Å². The molecule has 1 aromatic heterocycles. The quantitative estimate of drug-likeness (QED) is 0.564. The van der Waals surface area contributed by atoms with Crippen molar-refractivity contribution in [1.29, 1.82) is 0 Å². The van der Waals surface area contributed by atoms with Crippen molar-refractivity contribution in [3.8, 4) is 0 Å². The van der Waals surface area contributed by atoms with Crippen LogP contribution < -0.4 is 4.83 Å². The highest BCUT2D eigenvalue weighted by molar-refractivity contribution is 9.10. The van der Waals surface area contributed by atoms with Crippen molar-refractivity contribution in [2.45, 2.75) is 4.90 Å². The van der Waals surface area contributed by atoms with Crippen LogP contribution in [0.4, 0.5) is 0 Å². The summed E-state index contributed by atoms with van der Waals surface area (Å²) < 4.78 is 26.5. The third kappa shape index (κ3) is 4.23. The Kier molecular flexibility index (Phi) is 5.58. The largest absolute Gasteiger partial charge is 0.293 e. The Morgan fingerprint density at radius 2 is 1.63 bits per heavy atom. The van der Waals surface area contributed by atoms with Gasteiger partial charge in [-0.3, -0.25) is 9.78 Å². The molecule has 2 aromatic carbocycles. The molecule has 30 heavy (non-hydrogen) atoms. The molecule has 0 bridgehead atoms. The molecule has 1 N–H and O–H groups in total. The van der Waals surface area contributed by atoms with E-state index in [0.717, 1.165) is 9.48 Å². The molecule has 0 saturated heterocycles. The van der Waals surface area contributed by atoms with E-state index in [1.165, 1.54) is 18.2 Å². The number of sulfonamides is 1. The van der Waals surface area contributed by atoms with Gasteiger partial charge < -0.3 is 0 Å². The van der Waals surface area contributed by atoms with E-state index in [-0.39, 0.29) is 16.4 Å². The first-order valence-corrected chi connectivity index (χ1v) is 11.1. The van der Waals surface area contributed by atoms with E-state index < -0.39 is 15.9 Å². The van der Waals surface area contributed by atoms with Crippen molar-refractivity contribution in [1.82, 2.24) is 14.8 Å². The van der Waals surface area contributed by atoms with Crippen LogP contribution in [0.25, 0.3) is 6.08 Å². The number of benzene rings is 2. The van der Waals surface area contributed by atoms with Crippen molar-refractivity contribution in [2.24, 2.45) is 4.99 Å². The van der Waals surface area contributed by atoms with Crippen LogP contribution in [-0.4, -0.2) is 30.2 Å². The van der Waals surface area contributed by atoms with Crippen LogP contribution >= 0.6 is 15.9 Å². The molecule has 0 spiro atoms. The lowest BCUT2D eigenvalue weighted by molar-refractivity contribution is -0.123. The molecule has 150 valence electrons. The van der Waals surface area contributed by atoms with Crippen molar-refractivity contribution >= 4 is 43.8 Å². The topological polar surface area (TPSA) is 91.7 Å². The van der Waals surface area contributed by atoms with Crippen molar-refractivity contribution in [2.75, 3.05) is 0 Å². The minimum Gasteiger partial charge on any atom is -0.265 e. The zero-order chi connectivity index (χ0) is 21.1. The summed E-state index contributed by atoms with van der Waals surface area (Å²) in [5.41, 5.74) is 1.20. The molecular weight excluding hydrogens is 468 g/mol. The van der Waals surface area contributed by atoms with Crippen LogP contribution in [0.15, 0.2) is 99.1 Å². The molecule has 0 aliphatic carbocycles. The van der Waals surface area contributed by atoms with Gasteiger partial charge in [-0.05, 0) is 42.5 Å². The third-order valence-electron chi connectivity index (χ3n) is 4.20. The molecule has 1 aliphatic heterocycles. The number of nitrogens with one attached hydrogen (secondary N) is 1. The molecule has 2 heterocycles. The van der Waals surface area contributed by atoms with Gasteiger partial charge in [0.05, 0.1) is 10.6 Å². The Morgan fingerprint density at radius 3 is 2.30 bits per heavy atom. The SMILES string of the molecule is O=C1/C(=C\c2ccccn2)N=C(c2ccccc2)N1NS(=O)(=O)c1ccc(Br)cc1. The van der Waals surface area contributed by atoms with Crippen molar-refractivity contribution in [3.63, 3.8) is 0 Å². The molecule has 4 rings (SSSR count). The van der Waals surface area contributed by atoms with Gasteiger partial charge in [0, 0.05) is 16.2 Å². The number of hydrogen-bond donors (Lipinski definition) is 1. The molecule has 0 saturated carbocycles. The molecule has 9 heteroatoms. The van der Waals surface area contributed by atoms with Gasteiger partial charge in [-0.25, -0.2) is 18.4 Å². The lowest BCUT2D eigenvalue weighted by Gasteiger charge is -2.19. The lowest BCUT2D eigenvalue weighted by Crippen LogP contribution is -2.47. The van der Waals surface area contributed by atoms with Crippen LogP contribution in [0.5, 0.6) is 0 Å². The summed E-state index contributed by atoms with van der Waals surface area (Å²) >= 11 is 3.28. The number of amides is 1. The Hall–Kier alpha value is -3.14. The van der Waals surface area contributed by atoms with Crippen LogP contribution in [0.2, 0.25) is 0 Å². The van der Waals surface area contributed by atoms with Crippen LogP contribution in [0.3, 0.4) is 0 Å². The van der Waals surface area contributed by atoms with Crippen LogP contribution in [0, 0.1) is 0 Å². The molecule has 7 nitrogen and oxygen atoms in total. The zero-order valence-electron chi connectivity index (χ0n) is 15.4. The monoisotopic (exact) mass is 482 g/mol. The number of halogens is 1. The fraction of sp³-hybridized carbons (Fsp3) is 0. The number of rotatable bonds is 5. The molecule has 0 radical (unpaired) electrons. The summed E-state index contributed by atoms with van der Waals surface area (Å²) in [6.07, 6.45) is 3.11. The Balaban J connectivity index is 1.73. The van der Waals surface area contributed by atoms with Gasteiger partial charge in [0.2, 0.25) is 0 Å². The standard InChI is InChI=1S/C21H15BrN4O3S/c22-16-9-11-18(12-10-16)30(28,29)25-26-20(15-6-2-1-3-7-15)24-19(21(26)27)14-17-8-4-5-13-23-17/h1-14,25H/b19-14+. The number of aliphatic imine (C=N–C) groups is 1. The Morgan fingerprint density at radius 1 is 0.933 bits per heavy atom. The Bertz CT molecular complexity index is 1240. The number of carbonyl (C=O) groups is 1. The first-order valence-electron chi connectivity index (χ1n) is 8.83. The van der Waals surface area contributed by atoms with Gasteiger partial charge >= 0.3 is 0 Å². The highest BCUT2D eigenvalue weighted by Gasteiger charge is 2.34. The highest BCUT2D eigenvalue weighted by Crippen LogP contribution is 2.22. The van der Waals surface area contributed by atoms with Gasteiger partial charge in [0.25, 0.3) is 15.9 Å². The molecule has 0 atom stereocenters. The predicted octanol–water partition coefficient (Wildman–Crippen LogP) is 3.37. The first kappa shape index (κ1) is 20.1. The molecule has 0 unspecified atom stereocenters. The summed E-state index contributed by atoms with van der Waals surface area (Å²) in [7, 11) is -4.02. The minimum absolute atomic E-state index is 0.0214. The van der Waals surface area contributed by atoms with Gasteiger partial charge in [-0.15, -0.1) is 4.83 Å².